The molecule has 1 aromatic rings. The van der Waals surface area contributed by atoms with Gasteiger partial charge < -0.3 is 9.64 Å². The molecule has 1 amide bonds. The standard InChI is InChI=1S/C10H11NO2/c1-7-4-3-5-8-10(7)13-6-9(12)11(8)2/h3-5H,6H2,1-2H3. The second-order valence-electron chi connectivity index (χ2n) is 3.16. The highest BCUT2D eigenvalue weighted by molar-refractivity contribution is 5.97. The number of rotatable bonds is 0. The summed E-state index contributed by atoms with van der Waals surface area (Å²) >= 11 is 0. The zero-order valence-electron chi connectivity index (χ0n) is 7.70. The molecule has 3 nitrogen and oxygen atoms in total. The number of aryl methyl sites for hydroxylation is 1. The Balaban J connectivity index is 2.55. The molecule has 0 aliphatic carbocycles. The number of ether oxygens (including phenoxy) is 1. The highest BCUT2D eigenvalue weighted by Gasteiger charge is 2.22. The van der Waals surface area contributed by atoms with E-state index in [9.17, 15) is 4.79 Å². The highest BCUT2D eigenvalue weighted by Crippen LogP contribution is 2.33. The summed E-state index contributed by atoms with van der Waals surface area (Å²) in [6.45, 7) is 2.12. The summed E-state index contributed by atoms with van der Waals surface area (Å²) in [5.74, 6) is 0.822. The highest BCUT2D eigenvalue weighted by atomic mass is 16.5. The first-order valence-corrected chi connectivity index (χ1v) is 4.19. The first kappa shape index (κ1) is 8.10. The molecule has 0 radical (unpaired) electrons. The number of benzene rings is 1. The van der Waals surface area contributed by atoms with E-state index in [1.54, 1.807) is 11.9 Å². The number of para-hydroxylation sites is 1. The minimum atomic E-state index is -0.00176. The smallest absolute Gasteiger partial charge is 0.264 e. The largest absolute Gasteiger partial charge is 0.481 e. The van der Waals surface area contributed by atoms with Gasteiger partial charge in [-0.05, 0) is 18.6 Å². The summed E-state index contributed by atoms with van der Waals surface area (Å²) in [5, 5.41) is 0. The van der Waals surface area contributed by atoms with Gasteiger partial charge in [0.05, 0.1) is 5.69 Å². The van der Waals surface area contributed by atoms with Crippen LogP contribution < -0.4 is 9.64 Å². The summed E-state index contributed by atoms with van der Waals surface area (Å²) in [4.78, 5) is 12.9. The fraction of sp³-hybridized carbons (Fsp3) is 0.300. The molecule has 13 heavy (non-hydrogen) atoms. The Hall–Kier alpha value is -1.51. The molecule has 3 heteroatoms. The van der Waals surface area contributed by atoms with Gasteiger partial charge in [0.15, 0.2) is 6.61 Å². The van der Waals surface area contributed by atoms with Crippen LogP contribution in [-0.4, -0.2) is 19.6 Å². The molecule has 1 aliphatic rings. The average molecular weight is 177 g/mol. The quantitative estimate of drug-likeness (QED) is 0.598. The third-order valence-electron chi connectivity index (χ3n) is 2.27. The van der Waals surface area contributed by atoms with Crippen molar-refractivity contribution in [3.05, 3.63) is 23.8 Å². The maximum Gasteiger partial charge on any atom is 0.264 e. The number of carbonyl (C=O) groups excluding carboxylic acids is 1. The van der Waals surface area contributed by atoms with E-state index in [4.69, 9.17) is 4.74 Å². The van der Waals surface area contributed by atoms with Crippen molar-refractivity contribution >= 4 is 11.6 Å². The van der Waals surface area contributed by atoms with Crippen molar-refractivity contribution in [1.29, 1.82) is 0 Å². The molecule has 1 aliphatic heterocycles. The minimum absolute atomic E-state index is 0.00176. The van der Waals surface area contributed by atoms with Gasteiger partial charge in [-0.2, -0.15) is 0 Å². The number of hydrogen-bond donors (Lipinski definition) is 0. The molecule has 0 unspecified atom stereocenters. The average Bonchev–Trinajstić information content (AvgIpc) is 2.12. The molecule has 0 bridgehead atoms. The molecule has 0 spiro atoms. The van der Waals surface area contributed by atoms with Crippen LogP contribution in [0.4, 0.5) is 5.69 Å². The van der Waals surface area contributed by atoms with Crippen LogP contribution >= 0.6 is 0 Å². The van der Waals surface area contributed by atoms with Crippen molar-refractivity contribution in [1.82, 2.24) is 0 Å². The first-order valence-electron chi connectivity index (χ1n) is 4.19. The van der Waals surface area contributed by atoms with Gasteiger partial charge in [-0.3, -0.25) is 4.79 Å². The molecule has 1 heterocycles. The van der Waals surface area contributed by atoms with E-state index in [1.165, 1.54) is 0 Å². The minimum Gasteiger partial charge on any atom is -0.481 e. The van der Waals surface area contributed by atoms with E-state index in [2.05, 4.69) is 0 Å². The summed E-state index contributed by atoms with van der Waals surface area (Å²) in [6, 6.07) is 5.79. The van der Waals surface area contributed by atoms with Crippen LogP contribution in [0.5, 0.6) is 5.75 Å². The summed E-state index contributed by atoms with van der Waals surface area (Å²) in [6.07, 6.45) is 0. The number of likely N-dealkylation sites (N-methyl/N-ethyl adjacent to an activating group) is 1. The van der Waals surface area contributed by atoms with Crippen molar-refractivity contribution < 1.29 is 9.53 Å². The third-order valence-corrected chi connectivity index (χ3v) is 2.27. The number of hydrogen-bond acceptors (Lipinski definition) is 2. The zero-order chi connectivity index (χ0) is 9.42. The van der Waals surface area contributed by atoms with Crippen LogP contribution in [0.15, 0.2) is 18.2 Å². The van der Waals surface area contributed by atoms with Crippen molar-refractivity contribution in [3.63, 3.8) is 0 Å². The predicted octanol–water partition coefficient (Wildman–Crippen LogP) is 1.35. The van der Waals surface area contributed by atoms with Gasteiger partial charge in [0.1, 0.15) is 5.75 Å². The molecule has 1 aromatic carbocycles. The normalized spacial score (nSPS) is 15.2. The van der Waals surface area contributed by atoms with Crippen LogP contribution in [0.3, 0.4) is 0 Å². The number of carbonyl (C=O) groups is 1. The van der Waals surface area contributed by atoms with E-state index in [1.807, 2.05) is 25.1 Å². The van der Waals surface area contributed by atoms with E-state index in [0.29, 0.717) is 0 Å². The molecule has 0 atom stereocenters. The second-order valence-corrected chi connectivity index (χ2v) is 3.16. The molecule has 2 rings (SSSR count). The van der Waals surface area contributed by atoms with Gasteiger partial charge in [-0.25, -0.2) is 0 Å². The van der Waals surface area contributed by atoms with E-state index in [0.717, 1.165) is 17.0 Å². The zero-order valence-corrected chi connectivity index (χ0v) is 7.70. The van der Waals surface area contributed by atoms with Crippen LogP contribution in [-0.2, 0) is 4.79 Å². The predicted molar refractivity (Wildman–Crippen MR) is 50.1 cm³/mol. The molecular formula is C10H11NO2. The van der Waals surface area contributed by atoms with Gasteiger partial charge in [0.2, 0.25) is 0 Å². The summed E-state index contributed by atoms with van der Waals surface area (Å²) < 4.78 is 5.35. The Bertz CT molecular complexity index is 360. The van der Waals surface area contributed by atoms with Gasteiger partial charge in [0.25, 0.3) is 5.91 Å². The monoisotopic (exact) mass is 177 g/mol. The van der Waals surface area contributed by atoms with Crippen LogP contribution in [0, 0.1) is 6.92 Å². The lowest BCUT2D eigenvalue weighted by Gasteiger charge is -2.26. The van der Waals surface area contributed by atoms with Crippen molar-refractivity contribution in [3.8, 4) is 5.75 Å². The topological polar surface area (TPSA) is 29.5 Å². The van der Waals surface area contributed by atoms with Gasteiger partial charge in [-0.1, -0.05) is 12.1 Å². The first-order chi connectivity index (χ1) is 6.20. The summed E-state index contributed by atoms with van der Waals surface area (Å²) in [5.41, 5.74) is 1.92. The van der Waals surface area contributed by atoms with Gasteiger partial charge in [-0.15, -0.1) is 0 Å². The lowest BCUT2D eigenvalue weighted by Crippen LogP contribution is -2.35. The lowest BCUT2D eigenvalue weighted by molar-refractivity contribution is -0.120. The Morgan fingerprint density at radius 3 is 3.00 bits per heavy atom. The number of nitrogens with zero attached hydrogens (tertiary/aromatic N) is 1. The summed E-state index contributed by atoms with van der Waals surface area (Å²) in [7, 11) is 1.77. The Morgan fingerprint density at radius 1 is 1.46 bits per heavy atom. The van der Waals surface area contributed by atoms with Crippen LogP contribution in [0.1, 0.15) is 5.56 Å². The third kappa shape index (κ3) is 1.16. The molecule has 0 saturated carbocycles. The SMILES string of the molecule is Cc1cccc2c1OCC(=O)N2C. The van der Waals surface area contributed by atoms with Crippen molar-refractivity contribution in [2.45, 2.75) is 6.92 Å². The molecule has 0 aromatic heterocycles. The Kier molecular flexibility index (Phi) is 1.72. The maximum absolute atomic E-state index is 11.3. The fourth-order valence-electron chi connectivity index (χ4n) is 1.45. The Morgan fingerprint density at radius 2 is 2.23 bits per heavy atom. The number of anilines is 1. The van der Waals surface area contributed by atoms with Crippen molar-refractivity contribution in [2.75, 3.05) is 18.6 Å². The maximum atomic E-state index is 11.3. The second kappa shape index (κ2) is 2.76. The molecule has 0 saturated heterocycles. The molecular weight excluding hydrogens is 166 g/mol. The van der Waals surface area contributed by atoms with E-state index < -0.39 is 0 Å². The number of fused-ring (bicyclic) bond motifs is 1. The Labute approximate surface area is 76.9 Å². The fourth-order valence-corrected chi connectivity index (χ4v) is 1.45. The van der Waals surface area contributed by atoms with Gasteiger partial charge >= 0.3 is 0 Å². The van der Waals surface area contributed by atoms with E-state index >= 15 is 0 Å². The van der Waals surface area contributed by atoms with Crippen molar-refractivity contribution in [2.24, 2.45) is 0 Å². The van der Waals surface area contributed by atoms with E-state index in [-0.39, 0.29) is 12.5 Å². The van der Waals surface area contributed by atoms with Crippen LogP contribution in [0.2, 0.25) is 0 Å². The lowest BCUT2D eigenvalue weighted by atomic mass is 10.1. The van der Waals surface area contributed by atoms with Gasteiger partial charge in [0, 0.05) is 7.05 Å². The molecule has 0 N–H and O–H groups in total. The molecule has 68 valence electrons. The number of amides is 1. The molecule has 0 fully saturated rings. The van der Waals surface area contributed by atoms with Crippen LogP contribution in [0.25, 0.3) is 0 Å².